The second kappa shape index (κ2) is 9.89. The van der Waals surface area contributed by atoms with Gasteiger partial charge in [0.05, 0.1) is 6.61 Å². The van der Waals surface area contributed by atoms with Crippen molar-refractivity contribution in [1.82, 2.24) is 10.2 Å². The Morgan fingerprint density at radius 1 is 1.22 bits per heavy atom. The molecule has 1 amide bonds. The quantitative estimate of drug-likeness (QED) is 0.315. The Morgan fingerprint density at radius 2 is 1.97 bits per heavy atom. The minimum absolute atomic E-state index is 0.144. The summed E-state index contributed by atoms with van der Waals surface area (Å²) < 4.78 is -1.09. The van der Waals surface area contributed by atoms with Crippen LogP contribution in [-0.2, 0) is 21.7 Å². The fourth-order valence-electron chi connectivity index (χ4n) is 6.66. The van der Waals surface area contributed by atoms with Crippen LogP contribution >= 0.6 is 11.8 Å². The molecular weight excluding hydrogens is 490 g/mol. The molecule has 2 fully saturated rings. The molecule has 0 spiro atoms. The predicted octanol–water partition coefficient (Wildman–Crippen LogP) is 2.05. The number of aliphatic carboxylic acids is 1. The molecule has 196 valence electrons. The van der Waals surface area contributed by atoms with Crippen molar-refractivity contribution in [2.24, 2.45) is 11.7 Å². The minimum Gasteiger partial charge on any atom is -0.477 e. The standard InChI is InChI=1S/C28H33N3O5S/c1-17-23(16-33)24(25(34)35)31-26(36)27(10-12-32,37-21-9-11-30-15-21)28(17,31)20-8-7-19(14-29)22(13-20)18-5-3-2-4-6-18/h2-8,13,17,21,30,32-33H,9-12,14-16,29H2,1H3,(H,34,35)/t17-,21+,27-,28?/m1/s1. The summed E-state index contributed by atoms with van der Waals surface area (Å²) in [5.74, 6) is -2.05. The summed E-state index contributed by atoms with van der Waals surface area (Å²) in [5.41, 5.74) is 8.80. The lowest BCUT2D eigenvalue weighted by molar-refractivity contribution is -0.168. The average Bonchev–Trinajstić information content (AvgIpc) is 3.51. The number of carbonyl (C=O) groups is 2. The van der Waals surface area contributed by atoms with Gasteiger partial charge in [0, 0.05) is 30.9 Å². The van der Waals surface area contributed by atoms with Crippen LogP contribution in [0.1, 0.15) is 30.9 Å². The largest absolute Gasteiger partial charge is 0.477 e. The molecule has 1 unspecified atom stereocenters. The van der Waals surface area contributed by atoms with Crippen LogP contribution in [0.5, 0.6) is 0 Å². The Labute approximate surface area is 220 Å². The van der Waals surface area contributed by atoms with E-state index in [2.05, 4.69) is 5.32 Å². The number of rotatable bonds is 9. The molecule has 0 aromatic heterocycles. The van der Waals surface area contributed by atoms with Gasteiger partial charge in [-0.2, -0.15) is 0 Å². The van der Waals surface area contributed by atoms with E-state index in [9.17, 15) is 24.9 Å². The highest BCUT2D eigenvalue weighted by Crippen LogP contribution is 2.68. The number of hydrogen-bond donors (Lipinski definition) is 5. The van der Waals surface area contributed by atoms with Crippen molar-refractivity contribution in [3.8, 4) is 11.1 Å². The molecule has 37 heavy (non-hydrogen) atoms. The van der Waals surface area contributed by atoms with E-state index >= 15 is 0 Å². The number of carboxylic acid groups (broad SMARTS) is 1. The van der Waals surface area contributed by atoms with Crippen molar-refractivity contribution >= 4 is 23.6 Å². The summed E-state index contributed by atoms with van der Waals surface area (Å²) in [6.45, 7) is 3.11. The highest BCUT2D eigenvalue weighted by molar-refractivity contribution is 8.02. The third-order valence-electron chi connectivity index (χ3n) is 8.27. The van der Waals surface area contributed by atoms with E-state index in [-0.39, 0.29) is 29.9 Å². The Bertz CT molecular complexity index is 1250. The number of fused-ring (bicyclic) bond motifs is 1. The van der Waals surface area contributed by atoms with Gasteiger partial charge in [-0.3, -0.25) is 9.69 Å². The van der Waals surface area contributed by atoms with Crippen molar-refractivity contribution in [3.63, 3.8) is 0 Å². The molecule has 0 bridgehead atoms. The smallest absolute Gasteiger partial charge is 0.352 e. The van der Waals surface area contributed by atoms with Gasteiger partial charge < -0.3 is 26.4 Å². The summed E-state index contributed by atoms with van der Waals surface area (Å²) in [5, 5.41) is 34.2. The highest BCUT2D eigenvalue weighted by atomic mass is 32.2. The number of thioether (sulfide) groups is 1. The highest BCUT2D eigenvalue weighted by Gasteiger charge is 2.78. The number of nitrogens with zero attached hydrogens (tertiary/aromatic N) is 1. The summed E-state index contributed by atoms with van der Waals surface area (Å²) >= 11 is 1.55. The molecule has 8 nitrogen and oxygen atoms in total. The van der Waals surface area contributed by atoms with Crippen LogP contribution in [0.3, 0.4) is 0 Å². The molecule has 2 aromatic rings. The van der Waals surface area contributed by atoms with Crippen molar-refractivity contribution in [2.75, 3.05) is 26.3 Å². The minimum atomic E-state index is -1.24. The lowest BCUT2D eigenvalue weighted by atomic mass is 9.61. The first kappa shape index (κ1) is 25.9. The van der Waals surface area contributed by atoms with E-state index in [1.54, 1.807) is 11.8 Å². The summed E-state index contributed by atoms with van der Waals surface area (Å²) in [7, 11) is 0. The van der Waals surface area contributed by atoms with Crippen LogP contribution in [0.15, 0.2) is 59.8 Å². The maximum Gasteiger partial charge on any atom is 0.352 e. The number of β-lactam (4-membered cyclic amide) rings is 1. The van der Waals surface area contributed by atoms with Crippen molar-refractivity contribution < 1.29 is 24.9 Å². The number of nitrogens with two attached hydrogens (primary N) is 1. The van der Waals surface area contributed by atoms with E-state index in [0.29, 0.717) is 12.1 Å². The third kappa shape index (κ3) is 3.59. The molecule has 5 rings (SSSR count). The molecule has 3 aliphatic heterocycles. The van der Waals surface area contributed by atoms with Crippen molar-refractivity contribution in [1.29, 1.82) is 0 Å². The number of carboxylic acids is 1. The van der Waals surface area contributed by atoms with Gasteiger partial charge >= 0.3 is 5.97 Å². The molecule has 0 saturated carbocycles. The molecule has 2 saturated heterocycles. The predicted molar refractivity (Wildman–Crippen MR) is 143 cm³/mol. The Kier molecular flexibility index (Phi) is 6.93. The van der Waals surface area contributed by atoms with Crippen LogP contribution < -0.4 is 11.1 Å². The van der Waals surface area contributed by atoms with E-state index in [1.807, 2.05) is 55.5 Å². The van der Waals surface area contributed by atoms with Gasteiger partial charge in [0.1, 0.15) is 16.0 Å². The van der Waals surface area contributed by atoms with Crippen LogP contribution in [0, 0.1) is 5.92 Å². The summed E-state index contributed by atoms with van der Waals surface area (Å²) in [4.78, 5) is 28.0. The molecular formula is C28H33N3O5S. The van der Waals surface area contributed by atoms with E-state index in [0.717, 1.165) is 41.8 Å². The molecule has 3 heterocycles. The van der Waals surface area contributed by atoms with Crippen LogP contribution in [0.4, 0.5) is 0 Å². The van der Waals surface area contributed by atoms with E-state index in [4.69, 9.17) is 5.73 Å². The van der Waals surface area contributed by atoms with Gasteiger partial charge in [-0.05, 0) is 53.3 Å². The molecule has 6 N–H and O–H groups in total. The zero-order valence-corrected chi connectivity index (χ0v) is 21.6. The topological polar surface area (TPSA) is 136 Å². The normalized spacial score (nSPS) is 29.0. The van der Waals surface area contributed by atoms with Gasteiger partial charge in [0.2, 0.25) is 5.91 Å². The maximum atomic E-state index is 14.1. The Balaban J connectivity index is 1.77. The lowest BCUT2D eigenvalue weighted by Crippen LogP contribution is -2.79. The van der Waals surface area contributed by atoms with Crippen LogP contribution in [0.25, 0.3) is 11.1 Å². The van der Waals surface area contributed by atoms with Crippen LogP contribution in [-0.4, -0.2) is 68.4 Å². The Morgan fingerprint density at radius 3 is 2.57 bits per heavy atom. The van der Waals surface area contributed by atoms with Gasteiger partial charge in [-0.25, -0.2) is 4.79 Å². The fourth-order valence-corrected chi connectivity index (χ4v) is 8.63. The number of nitrogens with one attached hydrogen (secondary N) is 1. The zero-order chi connectivity index (χ0) is 26.4. The molecule has 0 aliphatic carbocycles. The average molecular weight is 524 g/mol. The first-order valence-corrected chi connectivity index (χ1v) is 13.6. The zero-order valence-electron chi connectivity index (χ0n) is 20.8. The van der Waals surface area contributed by atoms with Crippen LogP contribution in [0.2, 0.25) is 0 Å². The molecule has 9 heteroatoms. The first-order chi connectivity index (χ1) is 17.9. The third-order valence-corrected chi connectivity index (χ3v) is 10.1. The van der Waals surface area contributed by atoms with E-state index in [1.165, 1.54) is 4.90 Å². The van der Waals surface area contributed by atoms with Gasteiger partial charge in [-0.1, -0.05) is 49.4 Å². The maximum absolute atomic E-state index is 14.1. The number of amides is 1. The molecule has 2 aromatic carbocycles. The van der Waals surface area contributed by atoms with E-state index < -0.39 is 28.8 Å². The van der Waals surface area contributed by atoms with Crippen molar-refractivity contribution in [2.45, 2.75) is 41.8 Å². The summed E-state index contributed by atoms with van der Waals surface area (Å²) in [6, 6.07) is 15.7. The summed E-state index contributed by atoms with van der Waals surface area (Å²) in [6.07, 6.45) is 1.06. The lowest BCUT2D eigenvalue weighted by Gasteiger charge is -2.64. The van der Waals surface area contributed by atoms with Gasteiger partial charge in [0.15, 0.2) is 0 Å². The number of hydrogen-bond acceptors (Lipinski definition) is 7. The molecule has 4 atom stereocenters. The first-order valence-electron chi connectivity index (χ1n) is 12.7. The molecule has 3 aliphatic rings. The number of aliphatic hydroxyl groups excluding tert-OH is 2. The van der Waals surface area contributed by atoms with Gasteiger partial charge in [0.25, 0.3) is 0 Å². The number of aliphatic hydroxyl groups is 2. The molecule has 0 radical (unpaired) electrons. The fraction of sp³-hybridized carbons (Fsp3) is 0.429. The SMILES string of the molecule is C[C@@H]1C(CO)=C(C(=O)O)N2C(=O)[C@@](CCO)(S[C@H]3CCNC3)C12c1ccc(CN)c(-c2ccccc2)c1. The monoisotopic (exact) mass is 523 g/mol. The Hall–Kier alpha value is -2.69. The number of carbonyl (C=O) groups excluding carboxylic acids is 1. The van der Waals surface area contributed by atoms with Gasteiger partial charge in [-0.15, -0.1) is 11.8 Å². The van der Waals surface area contributed by atoms with Crippen molar-refractivity contribution in [3.05, 3.63) is 70.9 Å². The number of benzene rings is 2. The second-order valence-electron chi connectivity index (χ2n) is 9.94. The second-order valence-corrected chi connectivity index (χ2v) is 11.5.